The van der Waals surface area contributed by atoms with Crippen molar-refractivity contribution >= 4 is 33.7 Å². The van der Waals surface area contributed by atoms with Gasteiger partial charge in [-0.3, -0.25) is 0 Å². The van der Waals surface area contributed by atoms with E-state index in [9.17, 15) is 4.79 Å². The molecule has 2 aromatic heterocycles. The maximum atomic E-state index is 10.5. The minimum atomic E-state index is 0.525. The Morgan fingerprint density at radius 1 is 1.18 bits per heavy atom. The summed E-state index contributed by atoms with van der Waals surface area (Å²) in [5.41, 5.74) is 0. The third kappa shape index (κ3) is 3.83. The van der Waals surface area contributed by atoms with Crippen LogP contribution in [-0.4, -0.2) is 22.3 Å². The molecule has 1 aliphatic carbocycles. The van der Waals surface area contributed by atoms with E-state index in [-0.39, 0.29) is 0 Å². The third-order valence-corrected chi connectivity index (χ3v) is 5.44. The van der Waals surface area contributed by atoms with Gasteiger partial charge in [-0.1, -0.05) is 32.1 Å². The monoisotopic (exact) mass is 317 g/mol. The van der Waals surface area contributed by atoms with E-state index in [1.165, 1.54) is 49.8 Å². The predicted octanol–water partition coefficient (Wildman–Crippen LogP) is 4.35. The molecule has 4 nitrogen and oxygen atoms in total. The second-order valence-electron chi connectivity index (χ2n) is 6.05. The summed E-state index contributed by atoms with van der Waals surface area (Å²) in [5.74, 6) is 0.962. The van der Waals surface area contributed by atoms with Crippen LogP contribution in [-0.2, 0) is 11.2 Å². The second-order valence-corrected chi connectivity index (χ2v) is 7.16. The molecule has 0 radical (unpaired) electrons. The standard InChI is InChI=1S/C17H23N3OS/c21-10-6-9-14-11-15-16(18-12-19-17(15)22-14)20-13-7-4-2-1-3-5-8-13/h10-13H,1-9H2,(H,18,19,20). The van der Waals surface area contributed by atoms with E-state index < -0.39 is 0 Å². The Balaban J connectivity index is 1.76. The van der Waals surface area contributed by atoms with Crippen LogP contribution in [0.25, 0.3) is 10.2 Å². The normalized spacial score (nSPS) is 17.1. The molecule has 3 rings (SSSR count). The summed E-state index contributed by atoms with van der Waals surface area (Å²) in [6, 6.07) is 2.67. The summed E-state index contributed by atoms with van der Waals surface area (Å²) in [7, 11) is 0. The van der Waals surface area contributed by atoms with E-state index in [2.05, 4.69) is 21.4 Å². The quantitative estimate of drug-likeness (QED) is 0.833. The summed E-state index contributed by atoms with van der Waals surface area (Å²) in [6.07, 6.45) is 13.2. The Kier molecular flexibility index (Phi) is 5.38. The lowest BCUT2D eigenvalue weighted by atomic mass is 9.97. The van der Waals surface area contributed by atoms with E-state index in [1.807, 2.05) is 0 Å². The van der Waals surface area contributed by atoms with Gasteiger partial charge >= 0.3 is 0 Å². The number of fused-ring (bicyclic) bond motifs is 1. The lowest BCUT2D eigenvalue weighted by molar-refractivity contribution is -0.107. The van der Waals surface area contributed by atoms with Crippen molar-refractivity contribution in [3.05, 3.63) is 17.3 Å². The van der Waals surface area contributed by atoms with Crippen LogP contribution in [0.2, 0.25) is 0 Å². The van der Waals surface area contributed by atoms with Crippen LogP contribution in [0.1, 0.15) is 56.2 Å². The predicted molar refractivity (Wildman–Crippen MR) is 91.5 cm³/mol. The van der Waals surface area contributed by atoms with Gasteiger partial charge < -0.3 is 10.1 Å². The Bertz CT molecular complexity index is 617. The van der Waals surface area contributed by atoms with Crippen molar-refractivity contribution in [1.82, 2.24) is 9.97 Å². The number of hydrogen-bond donors (Lipinski definition) is 1. The van der Waals surface area contributed by atoms with E-state index in [1.54, 1.807) is 17.7 Å². The van der Waals surface area contributed by atoms with Gasteiger partial charge in [-0.05, 0) is 25.3 Å². The number of anilines is 1. The zero-order valence-corrected chi connectivity index (χ0v) is 13.7. The molecule has 0 saturated heterocycles. The number of nitrogens with one attached hydrogen (secondary N) is 1. The van der Waals surface area contributed by atoms with E-state index in [0.717, 1.165) is 28.7 Å². The smallest absolute Gasteiger partial charge is 0.138 e. The fourth-order valence-electron chi connectivity index (χ4n) is 3.14. The molecule has 0 aliphatic heterocycles. The Morgan fingerprint density at radius 2 is 1.95 bits per heavy atom. The maximum absolute atomic E-state index is 10.5. The highest BCUT2D eigenvalue weighted by Crippen LogP contribution is 2.30. The molecule has 22 heavy (non-hydrogen) atoms. The Morgan fingerprint density at radius 3 is 2.73 bits per heavy atom. The van der Waals surface area contributed by atoms with Crippen molar-refractivity contribution in [2.45, 2.75) is 63.8 Å². The zero-order chi connectivity index (χ0) is 15.2. The van der Waals surface area contributed by atoms with Crippen LogP contribution >= 0.6 is 11.3 Å². The lowest BCUT2D eigenvalue weighted by Gasteiger charge is -2.21. The summed E-state index contributed by atoms with van der Waals surface area (Å²) in [5, 5.41) is 4.75. The summed E-state index contributed by atoms with van der Waals surface area (Å²) >= 11 is 1.67. The van der Waals surface area contributed by atoms with Gasteiger partial charge in [-0.25, -0.2) is 9.97 Å². The summed E-state index contributed by atoms with van der Waals surface area (Å²) in [4.78, 5) is 21.6. The van der Waals surface area contributed by atoms with E-state index in [0.29, 0.717) is 12.5 Å². The molecule has 0 spiro atoms. The van der Waals surface area contributed by atoms with Crippen molar-refractivity contribution in [3.8, 4) is 0 Å². The molecule has 1 N–H and O–H groups in total. The summed E-state index contributed by atoms with van der Waals surface area (Å²) in [6.45, 7) is 0. The average molecular weight is 317 g/mol. The molecule has 0 atom stereocenters. The van der Waals surface area contributed by atoms with E-state index >= 15 is 0 Å². The molecule has 2 heterocycles. The molecule has 1 fully saturated rings. The molecule has 2 aromatic rings. The van der Waals surface area contributed by atoms with Crippen molar-refractivity contribution in [2.24, 2.45) is 0 Å². The fourth-order valence-corrected chi connectivity index (χ4v) is 4.15. The number of thiophene rings is 1. The van der Waals surface area contributed by atoms with Gasteiger partial charge in [0.15, 0.2) is 0 Å². The molecule has 1 saturated carbocycles. The van der Waals surface area contributed by atoms with Crippen LogP contribution in [0.3, 0.4) is 0 Å². The number of rotatable bonds is 5. The average Bonchev–Trinajstić information content (AvgIpc) is 2.91. The summed E-state index contributed by atoms with van der Waals surface area (Å²) < 4.78 is 0. The highest BCUT2D eigenvalue weighted by atomic mass is 32.1. The first-order chi connectivity index (χ1) is 10.9. The molecule has 0 aromatic carbocycles. The Labute approximate surface area is 135 Å². The van der Waals surface area contributed by atoms with Crippen molar-refractivity contribution in [2.75, 3.05) is 5.32 Å². The van der Waals surface area contributed by atoms with Crippen LogP contribution in [0, 0.1) is 0 Å². The van der Waals surface area contributed by atoms with Crippen LogP contribution < -0.4 is 5.32 Å². The first kappa shape index (κ1) is 15.4. The minimum absolute atomic E-state index is 0.525. The van der Waals surface area contributed by atoms with Gasteiger partial charge in [0.05, 0.1) is 5.39 Å². The maximum Gasteiger partial charge on any atom is 0.138 e. The van der Waals surface area contributed by atoms with E-state index in [4.69, 9.17) is 0 Å². The number of carbonyl (C=O) groups is 1. The molecule has 0 unspecified atom stereocenters. The van der Waals surface area contributed by atoms with Crippen LogP contribution in [0.4, 0.5) is 5.82 Å². The number of aldehydes is 1. The van der Waals surface area contributed by atoms with Gasteiger partial charge in [0, 0.05) is 17.3 Å². The highest BCUT2D eigenvalue weighted by Gasteiger charge is 2.14. The topological polar surface area (TPSA) is 54.9 Å². The molecule has 1 aliphatic rings. The number of aromatic nitrogens is 2. The van der Waals surface area contributed by atoms with Gasteiger partial charge in [0.25, 0.3) is 0 Å². The van der Waals surface area contributed by atoms with Crippen molar-refractivity contribution in [1.29, 1.82) is 0 Å². The number of nitrogens with zero attached hydrogens (tertiary/aromatic N) is 2. The zero-order valence-electron chi connectivity index (χ0n) is 12.9. The number of carbonyl (C=O) groups excluding carboxylic acids is 1. The molecule has 118 valence electrons. The number of hydrogen-bond acceptors (Lipinski definition) is 5. The molecule has 0 bridgehead atoms. The molecular weight excluding hydrogens is 294 g/mol. The fraction of sp³-hybridized carbons (Fsp3) is 0.588. The van der Waals surface area contributed by atoms with Gasteiger partial charge in [-0.2, -0.15) is 0 Å². The molecule has 5 heteroatoms. The lowest BCUT2D eigenvalue weighted by Crippen LogP contribution is -2.21. The Hall–Kier alpha value is -1.49. The first-order valence-corrected chi connectivity index (χ1v) is 9.12. The minimum Gasteiger partial charge on any atom is -0.367 e. The van der Waals surface area contributed by atoms with Gasteiger partial charge in [0.1, 0.15) is 23.3 Å². The second kappa shape index (κ2) is 7.68. The number of aryl methyl sites for hydroxylation is 1. The molecular formula is C17H23N3OS. The van der Waals surface area contributed by atoms with Gasteiger partial charge in [-0.15, -0.1) is 11.3 Å². The third-order valence-electron chi connectivity index (χ3n) is 4.34. The van der Waals surface area contributed by atoms with Crippen LogP contribution in [0.5, 0.6) is 0 Å². The van der Waals surface area contributed by atoms with Crippen molar-refractivity contribution in [3.63, 3.8) is 0 Å². The highest BCUT2D eigenvalue weighted by molar-refractivity contribution is 7.18. The largest absolute Gasteiger partial charge is 0.367 e. The SMILES string of the molecule is O=CCCc1cc2c(NC3CCCCCCC3)ncnc2s1. The van der Waals surface area contributed by atoms with Crippen LogP contribution in [0.15, 0.2) is 12.4 Å². The van der Waals surface area contributed by atoms with Gasteiger partial charge in [0.2, 0.25) is 0 Å². The first-order valence-electron chi connectivity index (χ1n) is 8.30. The molecule has 0 amide bonds. The van der Waals surface area contributed by atoms with Crippen molar-refractivity contribution < 1.29 is 4.79 Å².